The Hall–Kier alpha value is -2.63. The summed E-state index contributed by atoms with van der Waals surface area (Å²) in [5.74, 6) is -0.387. The van der Waals surface area contributed by atoms with Crippen LogP contribution in [0.3, 0.4) is 0 Å². The number of rotatable bonds is 12. The predicted molar refractivity (Wildman–Crippen MR) is 120 cm³/mol. The molecular weight excluding hydrogens is 475 g/mol. The van der Waals surface area contributed by atoms with Crippen molar-refractivity contribution in [2.24, 2.45) is 0 Å². The number of carbonyl (C=O) groups is 1. The highest BCUT2D eigenvalue weighted by molar-refractivity contribution is 6.18. The van der Waals surface area contributed by atoms with Gasteiger partial charge in [0.25, 0.3) is 17.3 Å². The average Bonchev–Trinajstić information content (AvgIpc) is 3.23. The largest absolute Gasteiger partial charge is 0.364 e. The lowest BCUT2D eigenvalue weighted by molar-refractivity contribution is -0.393. The van der Waals surface area contributed by atoms with E-state index in [2.05, 4.69) is 10.3 Å². The number of aryl methyl sites for hydroxylation is 1. The summed E-state index contributed by atoms with van der Waals surface area (Å²) in [4.78, 5) is 39.5. The Labute approximate surface area is 194 Å². The molecule has 0 fully saturated rings. The summed E-state index contributed by atoms with van der Waals surface area (Å²) in [6.45, 7) is 1.30. The number of hydrogen-bond donors (Lipinski definition) is 1. The van der Waals surface area contributed by atoms with E-state index in [0.29, 0.717) is 13.0 Å². The summed E-state index contributed by atoms with van der Waals surface area (Å²) in [7, 11) is 0. The molecule has 1 aromatic carbocycles. The van der Waals surface area contributed by atoms with Gasteiger partial charge in [0.05, 0.1) is 22.2 Å². The summed E-state index contributed by atoms with van der Waals surface area (Å²) in [6.07, 6.45) is 5.61. The van der Waals surface area contributed by atoms with Crippen LogP contribution in [0.4, 0.5) is 17.1 Å². The van der Waals surface area contributed by atoms with Crippen molar-refractivity contribution in [2.45, 2.75) is 13.0 Å². The van der Waals surface area contributed by atoms with E-state index in [9.17, 15) is 25.0 Å². The van der Waals surface area contributed by atoms with Crippen molar-refractivity contribution in [3.05, 3.63) is 56.6 Å². The van der Waals surface area contributed by atoms with E-state index in [0.717, 1.165) is 12.1 Å². The molecule has 1 aromatic heterocycles. The van der Waals surface area contributed by atoms with Gasteiger partial charge < -0.3 is 14.8 Å². The third-order valence-electron chi connectivity index (χ3n) is 4.22. The number of imidazole rings is 1. The number of nitrogens with one attached hydrogen (secondary N) is 1. The van der Waals surface area contributed by atoms with Crippen LogP contribution in [0.1, 0.15) is 16.8 Å². The van der Waals surface area contributed by atoms with Gasteiger partial charge in [-0.3, -0.25) is 25.0 Å². The second kappa shape index (κ2) is 12.9. The van der Waals surface area contributed by atoms with Crippen LogP contribution < -0.4 is 10.2 Å². The van der Waals surface area contributed by atoms with Crippen molar-refractivity contribution in [3.63, 3.8) is 0 Å². The quantitative estimate of drug-likeness (QED) is 0.206. The maximum absolute atomic E-state index is 12.6. The van der Waals surface area contributed by atoms with Gasteiger partial charge in [-0.1, -0.05) is 0 Å². The SMILES string of the molecule is Cl.O=C(NCCCn1ccnc1)c1cc(N(CCCl)CCCl)c([N+](=O)[O-])cc1[N+](=O)[O-]. The first-order valence-corrected chi connectivity index (χ1v) is 10.0. The maximum Gasteiger partial charge on any atom is 0.299 e. The highest BCUT2D eigenvalue weighted by Crippen LogP contribution is 2.35. The molecule has 0 radical (unpaired) electrons. The van der Waals surface area contributed by atoms with Gasteiger partial charge in [-0.15, -0.1) is 35.6 Å². The first-order valence-electron chi connectivity index (χ1n) is 8.96. The number of amides is 1. The van der Waals surface area contributed by atoms with Crippen LogP contribution in [-0.4, -0.2) is 56.7 Å². The first-order chi connectivity index (χ1) is 14.4. The van der Waals surface area contributed by atoms with Crippen LogP contribution in [0.25, 0.3) is 0 Å². The molecule has 14 heteroatoms. The van der Waals surface area contributed by atoms with E-state index in [1.54, 1.807) is 18.7 Å². The van der Waals surface area contributed by atoms with Crippen molar-refractivity contribution in [1.82, 2.24) is 14.9 Å². The Kier molecular flexibility index (Phi) is 11.0. The molecule has 2 rings (SSSR count). The first kappa shape index (κ1) is 26.4. The molecule has 0 aliphatic rings. The third-order valence-corrected chi connectivity index (χ3v) is 4.56. The highest BCUT2D eigenvalue weighted by Gasteiger charge is 2.30. The monoisotopic (exact) mass is 494 g/mol. The molecule has 1 N–H and O–H groups in total. The molecule has 0 unspecified atom stereocenters. The Morgan fingerprint density at radius 2 is 1.77 bits per heavy atom. The summed E-state index contributed by atoms with van der Waals surface area (Å²) < 4.78 is 1.83. The molecule has 170 valence electrons. The normalized spacial score (nSPS) is 10.3. The molecule has 11 nitrogen and oxygen atoms in total. The molecule has 0 saturated heterocycles. The van der Waals surface area contributed by atoms with Crippen LogP contribution in [0.2, 0.25) is 0 Å². The van der Waals surface area contributed by atoms with Gasteiger partial charge in [0.15, 0.2) is 0 Å². The number of nitro groups is 2. The molecule has 0 bridgehead atoms. The van der Waals surface area contributed by atoms with Crippen LogP contribution >= 0.6 is 35.6 Å². The second-order valence-corrected chi connectivity index (χ2v) is 6.90. The van der Waals surface area contributed by atoms with Gasteiger partial charge >= 0.3 is 0 Å². The number of aromatic nitrogens is 2. The number of nitrogens with zero attached hydrogens (tertiary/aromatic N) is 5. The van der Waals surface area contributed by atoms with E-state index in [-0.39, 0.29) is 55.1 Å². The molecular formula is C17H21Cl3N6O5. The standard InChI is InChI=1S/C17H20Cl2N6O5.ClH/c18-2-7-23(8-3-19)15-10-13(14(24(27)28)11-16(15)25(29)30)17(26)21-4-1-6-22-9-5-20-12-22;/h5,9-12H,1-4,6-8H2,(H,21,26);1H. The van der Waals surface area contributed by atoms with Gasteiger partial charge in [-0.05, 0) is 12.5 Å². The highest BCUT2D eigenvalue weighted by atomic mass is 35.5. The van der Waals surface area contributed by atoms with Crippen LogP contribution in [0.5, 0.6) is 0 Å². The molecule has 0 aliphatic carbocycles. The maximum atomic E-state index is 12.6. The Balaban J connectivity index is 0.00000480. The number of hydrogen-bond acceptors (Lipinski definition) is 7. The van der Waals surface area contributed by atoms with Crippen molar-refractivity contribution in [1.29, 1.82) is 0 Å². The number of nitro benzene ring substituents is 2. The fourth-order valence-corrected chi connectivity index (χ4v) is 3.24. The minimum absolute atomic E-state index is 0. The average molecular weight is 496 g/mol. The molecule has 0 aliphatic heterocycles. The number of alkyl halides is 2. The van der Waals surface area contributed by atoms with E-state index in [1.165, 1.54) is 4.90 Å². The Bertz CT molecular complexity index is 891. The predicted octanol–water partition coefficient (Wildman–Crippen LogP) is 3.23. The zero-order chi connectivity index (χ0) is 22.1. The van der Waals surface area contributed by atoms with Crippen molar-refractivity contribution in [3.8, 4) is 0 Å². The second-order valence-electron chi connectivity index (χ2n) is 6.15. The summed E-state index contributed by atoms with van der Waals surface area (Å²) in [5.41, 5.74) is -1.35. The molecule has 31 heavy (non-hydrogen) atoms. The van der Waals surface area contributed by atoms with Crippen LogP contribution in [0.15, 0.2) is 30.9 Å². The smallest absolute Gasteiger partial charge is 0.299 e. The molecule has 1 amide bonds. The fraction of sp³-hybridized carbons (Fsp3) is 0.412. The van der Waals surface area contributed by atoms with E-state index in [1.807, 2.05) is 4.57 Å². The van der Waals surface area contributed by atoms with E-state index < -0.39 is 27.1 Å². The Morgan fingerprint density at radius 3 is 2.29 bits per heavy atom. The molecule has 0 atom stereocenters. The minimum atomic E-state index is -0.815. The third kappa shape index (κ3) is 7.23. The Morgan fingerprint density at radius 1 is 1.13 bits per heavy atom. The van der Waals surface area contributed by atoms with Gasteiger partial charge in [-0.2, -0.15) is 0 Å². The van der Waals surface area contributed by atoms with Crippen LogP contribution in [-0.2, 0) is 6.54 Å². The van der Waals surface area contributed by atoms with E-state index in [4.69, 9.17) is 23.2 Å². The lowest BCUT2D eigenvalue weighted by Gasteiger charge is -2.23. The van der Waals surface area contributed by atoms with Gasteiger partial charge in [0.1, 0.15) is 11.3 Å². The molecule has 1 heterocycles. The van der Waals surface area contributed by atoms with Crippen molar-refractivity contribution in [2.75, 3.05) is 36.3 Å². The summed E-state index contributed by atoms with van der Waals surface area (Å²) in [5, 5.41) is 25.6. The number of halogens is 3. The van der Waals surface area contributed by atoms with Crippen LogP contribution in [0, 0.1) is 20.2 Å². The molecule has 0 spiro atoms. The number of anilines is 1. The summed E-state index contributed by atoms with van der Waals surface area (Å²) in [6, 6.07) is 1.95. The lowest BCUT2D eigenvalue weighted by atomic mass is 10.1. The fourth-order valence-electron chi connectivity index (χ4n) is 2.83. The zero-order valence-corrected chi connectivity index (χ0v) is 18.6. The zero-order valence-electron chi connectivity index (χ0n) is 16.3. The number of benzene rings is 1. The topological polar surface area (TPSA) is 136 Å². The minimum Gasteiger partial charge on any atom is -0.364 e. The van der Waals surface area contributed by atoms with Crippen molar-refractivity contribution >= 4 is 58.6 Å². The van der Waals surface area contributed by atoms with E-state index >= 15 is 0 Å². The van der Waals surface area contributed by atoms with Gasteiger partial charge in [0.2, 0.25) is 0 Å². The lowest BCUT2D eigenvalue weighted by Crippen LogP contribution is -2.30. The molecule has 0 saturated carbocycles. The molecule has 2 aromatic rings. The van der Waals surface area contributed by atoms with Gasteiger partial charge in [0, 0.05) is 50.3 Å². The van der Waals surface area contributed by atoms with Crippen molar-refractivity contribution < 1.29 is 14.6 Å². The summed E-state index contributed by atoms with van der Waals surface area (Å²) >= 11 is 11.6. The number of carbonyl (C=O) groups excluding carboxylic acids is 1. The van der Waals surface area contributed by atoms with Gasteiger partial charge in [-0.25, -0.2) is 4.98 Å².